The maximum atomic E-state index is 11.1. The summed E-state index contributed by atoms with van der Waals surface area (Å²) in [6.07, 6.45) is 19.0. The molecule has 0 spiro atoms. The second-order valence-corrected chi connectivity index (χ2v) is 14.6. The summed E-state index contributed by atoms with van der Waals surface area (Å²) >= 11 is 0. The molecule has 0 radical (unpaired) electrons. The van der Waals surface area contributed by atoms with Gasteiger partial charge in [0, 0.05) is 0 Å². The van der Waals surface area contributed by atoms with Crippen LogP contribution in [0.5, 0.6) is 0 Å². The number of aliphatic hydroxyl groups excluding tert-OH is 2. The predicted octanol–water partition coefficient (Wildman–Crippen LogP) is 7.36. The number of hydrogen-bond acceptors (Lipinski definition) is 2. The molecule has 5 fully saturated rings. The van der Waals surface area contributed by atoms with Crippen molar-refractivity contribution in [2.24, 2.45) is 51.8 Å². The first-order valence-electron chi connectivity index (χ1n) is 14.5. The maximum Gasteiger partial charge on any atom is 0.0545 e. The second kappa shape index (κ2) is 8.54. The van der Waals surface area contributed by atoms with Crippen molar-refractivity contribution in [1.29, 1.82) is 0 Å². The van der Waals surface area contributed by atoms with Gasteiger partial charge in [0.2, 0.25) is 0 Å². The number of hydrogen-bond donors (Lipinski definition) is 2. The molecule has 0 bridgehead atoms. The van der Waals surface area contributed by atoms with Gasteiger partial charge in [0.1, 0.15) is 0 Å². The van der Waals surface area contributed by atoms with Crippen LogP contribution in [0.4, 0.5) is 0 Å². The number of fused-ring (bicyclic) bond motifs is 5. The Morgan fingerprint density at radius 1 is 0.719 bits per heavy atom. The lowest BCUT2D eigenvalue weighted by atomic mass is 9.44. The molecule has 0 aromatic carbocycles. The first-order valence-corrected chi connectivity index (χ1v) is 14.5. The van der Waals surface area contributed by atoms with E-state index in [2.05, 4.69) is 27.7 Å². The molecule has 5 aliphatic carbocycles. The van der Waals surface area contributed by atoms with E-state index in [1.165, 1.54) is 70.6 Å². The molecular weight excluding hydrogens is 392 g/mol. The predicted molar refractivity (Wildman–Crippen MR) is 132 cm³/mol. The summed E-state index contributed by atoms with van der Waals surface area (Å²) in [5.74, 6) is 4.95. The molecule has 0 aromatic heterocycles. The van der Waals surface area contributed by atoms with Gasteiger partial charge in [-0.1, -0.05) is 27.7 Å². The number of aliphatic hydroxyl groups is 2. The highest BCUT2D eigenvalue weighted by Crippen LogP contribution is 2.68. The third-order valence-corrected chi connectivity index (χ3v) is 12.5. The Morgan fingerprint density at radius 3 is 2.16 bits per heavy atom. The van der Waals surface area contributed by atoms with E-state index < -0.39 is 0 Å². The minimum Gasteiger partial charge on any atom is -0.393 e. The normalized spacial score (nSPS) is 49.7. The Hall–Kier alpha value is -0.0800. The molecule has 5 rings (SSSR count). The number of rotatable bonds is 4. The fourth-order valence-corrected chi connectivity index (χ4v) is 10.2. The molecule has 0 saturated heterocycles. The van der Waals surface area contributed by atoms with E-state index in [-0.39, 0.29) is 12.2 Å². The minimum absolute atomic E-state index is 0.0360. The molecule has 0 heterocycles. The van der Waals surface area contributed by atoms with Gasteiger partial charge in [-0.15, -0.1) is 0 Å². The molecule has 0 amide bonds. The van der Waals surface area contributed by atoms with E-state index in [4.69, 9.17) is 0 Å². The lowest BCUT2D eigenvalue weighted by Crippen LogP contribution is -2.54. The van der Waals surface area contributed by atoms with Gasteiger partial charge in [0.15, 0.2) is 0 Å². The monoisotopic (exact) mass is 444 g/mol. The highest BCUT2D eigenvalue weighted by molar-refractivity contribution is 5.09. The second-order valence-electron chi connectivity index (χ2n) is 14.6. The van der Waals surface area contributed by atoms with Crippen molar-refractivity contribution in [3.63, 3.8) is 0 Å². The summed E-state index contributed by atoms with van der Waals surface area (Å²) in [5.41, 5.74) is 1.47. The Morgan fingerprint density at radius 2 is 1.41 bits per heavy atom. The lowest BCUT2D eigenvalue weighted by Gasteiger charge is -2.61. The molecule has 32 heavy (non-hydrogen) atoms. The molecule has 2 heteroatoms. The summed E-state index contributed by atoms with van der Waals surface area (Å²) in [6.45, 7) is 10.1. The van der Waals surface area contributed by atoms with Gasteiger partial charge < -0.3 is 10.2 Å². The fraction of sp³-hybridized carbons (Fsp3) is 1.00. The molecule has 0 aromatic rings. The van der Waals surface area contributed by atoms with Crippen LogP contribution in [0.15, 0.2) is 0 Å². The van der Waals surface area contributed by atoms with Crippen molar-refractivity contribution >= 4 is 0 Å². The van der Waals surface area contributed by atoms with Crippen LogP contribution in [0.3, 0.4) is 0 Å². The highest BCUT2D eigenvalue weighted by Gasteiger charge is 2.60. The van der Waals surface area contributed by atoms with Crippen LogP contribution in [0, 0.1) is 51.8 Å². The minimum atomic E-state index is -0.0763. The Labute approximate surface area is 198 Å². The van der Waals surface area contributed by atoms with E-state index in [0.717, 1.165) is 61.2 Å². The SMILES string of the molecule is CC1(C)CCC(CC(O)C[C@H]2CCC3C4CCC5CC(O)CCC5(C)C4CCC32C)CC1. The van der Waals surface area contributed by atoms with Crippen LogP contribution in [-0.4, -0.2) is 22.4 Å². The van der Waals surface area contributed by atoms with Crippen LogP contribution >= 0.6 is 0 Å². The first-order chi connectivity index (χ1) is 15.1. The summed E-state index contributed by atoms with van der Waals surface area (Å²) in [6, 6.07) is 0. The van der Waals surface area contributed by atoms with Gasteiger partial charge >= 0.3 is 0 Å². The topological polar surface area (TPSA) is 40.5 Å². The zero-order chi connectivity index (χ0) is 22.7. The van der Waals surface area contributed by atoms with Crippen molar-refractivity contribution in [2.45, 2.75) is 136 Å². The van der Waals surface area contributed by atoms with Gasteiger partial charge in [-0.25, -0.2) is 0 Å². The summed E-state index contributed by atoms with van der Waals surface area (Å²) in [5, 5.41) is 21.4. The Kier molecular flexibility index (Phi) is 6.31. The van der Waals surface area contributed by atoms with Crippen molar-refractivity contribution in [1.82, 2.24) is 0 Å². The average molecular weight is 445 g/mol. The van der Waals surface area contributed by atoms with Crippen molar-refractivity contribution < 1.29 is 10.2 Å². The van der Waals surface area contributed by atoms with Gasteiger partial charge in [-0.3, -0.25) is 0 Å². The summed E-state index contributed by atoms with van der Waals surface area (Å²) in [4.78, 5) is 0. The Bertz CT molecular complexity index is 662. The molecule has 184 valence electrons. The largest absolute Gasteiger partial charge is 0.393 e. The van der Waals surface area contributed by atoms with Gasteiger partial charge in [-0.05, 0) is 148 Å². The van der Waals surface area contributed by atoms with Crippen molar-refractivity contribution in [3.8, 4) is 0 Å². The van der Waals surface area contributed by atoms with Crippen LogP contribution in [0.1, 0.15) is 124 Å². The van der Waals surface area contributed by atoms with Crippen LogP contribution < -0.4 is 0 Å². The molecule has 5 aliphatic rings. The summed E-state index contributed by atoms with van der Waals surface area (Å²) in [7, 11) is 0. The van der Waals surface area contributed by atoms with Gasteiger partial charge in [0.25, 0.3) is 0 Å². The molecule has 8 unspecified atom stereocenters. The summed E-state index contributed by atoms with van der Waals surface area (Å²) < 4.78 is 0. The zero-order valence-corrected chi connectivity index (χ0v) is 21.6. The standard InChI is InChI=1S/C30H52O2/c1-28(2)13-9-20(10-14-28)17-24(32)19-22-6-8-26-25-7-5-21-18-23(31)11-15-29(21,3)27(25)12-16-30(22,26)4/h20-27,31-32H,5-19H2,1-4H3/t21?,22-,23?,24?,25?,26?,27?,29?,30?/m1/s1. The van der Waals surface area contributed by atoms with E-state index in [0.29, 0.717) is 16.2 Å². The quantitative estimate of drug-likeness (QED) is 0.475. The molecule has 2 N–H and O–H groups in total. The molecule has 2 nitrogen and oxygen atoms in total. The van der Waals surface area contributed by atoms with Crippen LogP contribution in [0.25, 0.3) is 0 Å². The molecule has 5 saturated carbocycles. The van der Waals surface area contributed by atoms with Gasteiger partial charge in [-0.2, -0.15) is 0 Å². The third kappa shape index (κ3) is 4.12. The van der Waals surface area contributed by atoms with E-state index in [1.54, 1.807) is 0 Å². The first kappa shape index (κ1) is 23.7. The van der Waals surface area contributed by atoms with E-state index >= 15 is 0 Å². The zero-order valence-electron chi connectivity index (χ0n) is 21.6. The van der Waals surface area contributed by atoms with E-state index in [9.17, 15) is 10.2 Å². The molecule has 9 atom stereocenters. The fourth-order valence-electron chi connectivity index (χ4n) is 10.2. The van der Waals surface area contributed by atoms with Gasteiger partial charge in [0.05, 0.1) is 12.2 Å². The molecular formula is C30H52O2. The third-order valence-electron chi connectivity index (χ3n) is 12.5. The lowest BCUT2D eigenvalue weighted by molar-refractivity contribution is -0.128. The van der Waals surface area contributed by atoms with Crippen LogP contribution in [0.2, 0.25) is 0 Å². The van der Waals surface area contributed by atoms with Crippen LogP contribution in [-0.2, 0) is 0 Å². The Balaban J connectivity index is 1.21. The van der Waals surface area contributed by atoms with Crippen molar-refractivity contribution in [2.75, 3.05) is 0 Å². The average Bonchev–Trinajstić information content (AvgIpc) is 3.06. The van der Waals surface area contributed by atoms with Crippen molar-refractivity contribution in [3.05, 3.63) is 0 Å². The molecule has 0 aliphatic heterocycles. The van der Waals surface area contributed by atoms with E-state index in [1.807, 2.05) is 0 Å². The maximum absolute atomic E-state index is 11.1. The highest BCUT2D eigenvalue weighted by atomic mass is 16.3. The smallest absolute Gasteiger partial charge is 0.0545 e.